The second-order valence-corrected chi connectivity index (χ2v) is 10.7. The fourth-order valence-electron chi connectivity index (χ4n) is 6.01. The Kier molecular flexibility index (Phi) is 11.7. The SMILES string of the molecule is C=CC(=O)OCCCCOC(=O)c1ccc(CC(=O)C2CCC(C3CCC(CC)CC3)CC2)c(OC)c1. The number of carbonyl (C=O) groups is 3. The van der Waals surface area contributed by atoms with Crippen LogP contribution in [0.2, 0.25) is 0 Å². The van der Waals surface area contributed by atoms with Crippen molar-refractivity contribution in [2.24, 2.45) is 23.7 Å². The highest BCUT2D eigenvalue weighted by Crippen LogP contribution is 2.42. The summed E-state index contributed by atoms with van der Waals surface area (Å²) in [6.45, 7) is 6.15. The van der Waals surface area contributed by atoms with Gasteiger partial charge in [-0.3, -0.25) is 4.79 Å². The first-order valence-corrected chi connectivity index (χ1v) is 14.1. The Morgan fingerprint density at radius 3 is 2.14 bits per heavy atom. The van der Waals surface area contributed by atoms with Crippen LogP contribution in [0.5, 0.6) is 5.75 Å². The Labute approximate surface area is 222 Å². The van der Waals surface area contributed by atoms with Crippen LogP contribution in [0.3, 0.4) is 0 Å². The number of ether oxygens (including phenoxy) is 3. The molecule has 2 saturated carbocycles. The number of hydrogen-bond donors (Lipinski definition) is 0. The first-order chi connectivity index (χ1) is 17.9. The predicted octanol–water partition coefficient (Wildman–Crippen LogP) is 6.50. The third kappa shape index (κ3) is 8.72. The number of hydrogen-bond acceptors (Lipinski definition) is 6. The molecule has 3 rings (SSSR count). The van der Waals surface area contributed by atoms with Crippen molar-refractivity contribution in [3.05, 3.63) is 42.0 Å². The maximum Gasteiger partial charge on any atom is 0.338 e. The standard InChI is InChI=1S/C31H44O6/c1-4-22-8-10-23(11-9-22)24-12-14-25(15-13-24)28(32)20-26-16-17-27(21-29(26)35-3)31(34)37-19-7-6-18-36-30(33)5-2/h5,16-17,21-25H,2,4,6-15,18-20H2,1,3H3. The predicted molar refractivity (Wildman–Crippen MR) is 144 cm³/mol. The molecule has 0 aliphatic heterocycles. The van der Waals surface area contributed by atoms with E-state index >= 15 is 0 Å². The van der Waals surface area contributed by atoms with Crippen molar-refractivity contribution in [2.75, 3.05) is 20.3 Å². The minimum atomic E-state index is -0.458. The third-order valence-electron chi connectivity index (χ3n) is 8.43. The van der Waals surface area contributed by atoms with E-state index in [1.807, 2.05) is 0 Å². The molecule has 6 nitrogen and oxygen atoms in total. The summed E-state index contributed by atoms with van der Waals surface area (Å²) in [6.07, 6.45) is 13.8. The monoisotopic (exact) mass is 512 g/mol. The van der Waals surface area contributed by atoms with E-state index in [2.05, 4.69) is 13.5 Å². The molecule has 0 heterocycles. The first kappa shape index (κ1) is 28.9. The van der Waals surface area contributed by atoms with Gasteiger partial charge in [0.1, 0.15) is 11.5 Å². The fourth-order valence-corrected chi connectivity index (χ4v) is 6.01. The van der Waals surface area contributed by atoms with Crippen LogP contribution in [0.1, 0.15) is 93.5 Å². The van der Waals surface area contributed by atoms with Crippen LogP contribution in [0.25, 0.3) is 0 Å². The Balaban J connectivity index is 1.43. The normalized spacial score (nSPS) is 23.6. The van der Waals surface area contributed by atoms with Crippen molar-refractivity contribution in [2.45, 2.75) is 84.0 Å². The van der Waals surface area contributed by atoms with Crippen LogP contribution in [-0.2, 0) is 25.5 Å². The molecule has 0 N–H and O–H groups in total. The van der Waals surface area contributed by atoms with Crippen LogP contribution in [0.4, 0.5) is 0 Å². The summed E-state index contributed by atoms with van der Waals surface area (Å²) in [6, 6.07) is 5.16. The second-order valence-electron chi connectivity index (χ2n) is 10.7. The fraction of sp³-hybridized carbons (Fsp3) is 0.645. The molecule has 0 amide bonds. The molecule has 1 aromatic carbocycles. The highest BCUT2D eigenvalue weighted by Gasteiger charge is 2.32. The van der Waals surface area contributed by atoms with Crippen molar-refractivity contribution in [1.82, 2.24) is 0 Å². The summed E-state index contributed by atoms with van der Waals surface area (Å²) in [5.74, 6) is 2.64. The van der Waals surface area contributed by atoms with E-state index < -0.39 is 11.9 Å². The minimum absolute atomic E-state index is 0.128. The number of unbranched alkanes of at least 4 members (excludes halogenated alkanes) is 1. The van der Waals surface area contributed by atoms with Crippen molar-refractivity contribution in [1.29, 1.82) is 0 Å². The van der Waals surface area contributed by atoms with E-state index in [-0.39, 0.29) is 24.9 Å². The summed E-state index contributed by atoms with van der Waals surface area (Å²) >= 11 is 0. The lowest BCUT2D eigenvalue weighted by Gasteiger charge is -2.37. The third-order valence-corrected chi connectivity index (χ3v) is 8.43. The second kappa shape index (κ2) is 14.9. The lowest BCUT2D eigenvalue weighted by atomic mass is 9.68. The van der Waals surface area contributed by atoms with Gasteiger partial charge in [0.2, 0.25) is 0 Å². The maximum atomic E-state index is 13.1. The molecule has 0 saturated heterocycles. The molecule has 2 aliphatic rings. The number of Topliss-reactive ketones (excluding diaryl/α,β-unsaturated/α-hetero) is 1. The van der Waals surface area contributed by atoms with Gasteiger partial charge < -0.3 is 14.2 Å². The van der Waals surface area contributed by atoms with Gasteiger partial charge in [0.25, 0.3) is 0 Å². The zero-order valence-electron chi connectivity index (χ0n) is 22.7. The van der Waals surface area contributed by atoms with Gasteiger partial charge in [-0.15, -0.1) is 0 Å². The molecular formula is C31H44O6. The quantitative estimate of drug-likeness (QED) is 0.171. The van der Waals surface area contributed by atoms with Crippen LogP contribution in [0, 0.1) is 23.7 Å². The summed E-state index contributed by atoms with van der Waals surface area (Å²) in [4.78, 5) is 36.6. The Hall–Kier alpha value is -2.63. The molecule has 37 heavy (non-hydrogen) atoms. The largest absolute Gasteiger partial charge is 0.496 e. The number of carbonyl (C=O) groups excluding carboxylic acids is 3. The van der Waals surface area contributed by atoms with Gasteiger partial charge in [0, 0.05) is 24.0 Å². The van der Waals surface area contributed by atoms with Gasteiger partial charge in [0.05, 0.1) is 25.9 Å². The zero-order chi connectivity index (χ0) is 26.6. The van der Waals surface area contributed by atoms with E-state index in [0.29, 0.717) is 30.6 Å². The molecule has 204 valence electrons. The number of ketones is 1. The van der Waals surface area contributed by atoms with Gasteiger partial charge in [-0.25, -0.2) is 9.59 Å². The van der Waals surface area contributed by atoms with Gasteiger partial charge >= 0.3 is 11.9 Å². The smallest absolute Gasteiger partial charge is 0.338 e. The van der Waals surface area contributed by atoms with Crippen LogP contribution < -0.4 is 4.74 Å². The first-order valence-electron chi connectivity index (χ1n) is 14.1. The van der Waals surface area contributed by atoms with Gasteiger partial charge in [-0.2, -0.15) is 0 Å². The number of esters is 2. The lowest BCUT2D eigenvalue weighted by Crippen LogP contribution is -2.29. The molecule has 0 radical (unpaired) electrons. The van der Waals surface area contributed by atoms with E-state index in [9.17, 15) is 14.4 Å². The van der Waals surface area contributed by atoms with Crippen LogP contribution >= 0.6 is 0 Å². The molecule has 2 aliphatic carbocycles. The average molecular weight is 513 g/mol. The summed E-state index contributed by atoms with van der Waals surface area (Å²) in [5.41, 5.74) is 1.21. The summed E-state index contributed by atoms with van der Waals surface area (Å²) in [5, 5.41) is 0. The highest BCUT2D eigenvalue weighted by molar-refractivity contribution is 5.90. The van der Waals surface area contributed by atoms with Gasteiger partial charge in [0.15, 0.2) is 0 Å². The summed E-state index contributed by atoms with van der Waals surface area (Å²) in [7, 11) is 1.56. The van der Waals surface area contributed by atoms with Crippen molar-refractivity contribution in [3.63, 3.8) is 0 Å². The molecule has 6 heteroatoms. The molecule has 0 atom stereocenters. The molecule has 2 fully saturated rings. The number of benzene rings is 1. The van der Waals surface area contributed by atoms with Gasteiger partial charge in [-0.1, -0.05) is 38.8 Å². The Morgan fingerprint density at radius 1 is 0.919 bits per heavy atom. The number of methoxy groups -OCH3 is 1. The van der Waals surface area contributed by atoms with Crippen molar-refractivity contribution >= 4 is 17.7 Å². The lowest BCUT2D eigenvalue weighted by molar-refractivity contribution is -0.137. The van der Waals surface area contributed by atoms with E-state index in [4.69, 9.17) is 14.2 Å². The minimum Gasteiger partial charge on any atom is -0.496 e. The molecular weight excluding hydrogens is 468 g/mol. The van der Waals surface area contributed by atoms with E-state index in [0.717, 1.165) is 42.2 Å². The molecule has 0 bridgehead atoms. The van der Waals surface area contributed by atoms with E-state index in [1.54, 1.807) is 25.3 Å². The zero-order valence-corrected chi connectivity index (χ0v) is 22.7. The van der Waals surface area contributed by atoms with Crippen LogP contribution in [0.15, 0.2) is 30.9 Å². The van der Waals surface area contributed by atoms with Crippen LogP contribution in [-0.4, -0.2) is 38.0 Å². The Bertz CT molecular complexity index is 906. The van der Waals surface area contributed by atoms with E-state index in [1.165, 1.54) is 44.9 Å². The topological polar surface area (TPSA) is 78.9 Å². The van der Waals surface area contributed by atoms with Crippen molar-refractivity contribution < 1.29 is 28.6 Å². The number of rotatable bonds is 13. The summed E-state index contributed by atoms with van der Waals surface area (Å²) < 4.78 is 15.7. The highest BCUT2D eigenvalue weighted by atomic mass is 16.5. The molecule has 1 aromatic rings. The molecule has 0 aromatic heterocycles. The van der Waals surface area contributed by atoms with Crippen molar-refractivity contribution in [3.8, 4) is 5.75 Å². The Morgan fingerprint density at radius 2 is 1.54 bits per heavy atom. The van der Waals surface area contributed by atoms with Gasteiger partial charge in [-0.05, 0) is 81.3 Å². The maximum absolute atomic E-state index is 13.1. The average Bonchev–Trinajstić information content (AvgIpc) is 2.94. The molecule has 0 spiro atoms. The molecule has 0 unspecified atom stereocenters.